The topological polar surface area (TPSA) is 50.7 Å². The minimum absolute atomic E-state index is 0.251. The van der Waals surface area contributed by atoms with E-state index in [-0.39, 0.29) is 11.7 Å². The Morgan fingerprint density at radius 2 is 1.92 bits per heavy atom. The molecule has 4 nitrogen and oxygen atoms in total. The van der Waals surface area contributed by atoms with Crippen molar-refractivity contribution in [3.63, 3.8) is 0 Å². The van der Waals surface area contributed by atoms with Crippen LogP contribution in [0.2, 0.25) is 0 Å². The first kappa shape index (κ1) is 17.9. The van der Waals surface area contributed by atoms with Gasteiger partial charge in [0.1, 0.15) is 23.1 Å². The third-order valence-corrected chi connectivity index (χ3v) is 4.24. The molecular formula is C21H21FN2O2. The van der Waals surface area contributed by atoms with Crippen LogP contribution in [0.1, 0.15) is 36.5 Å². The van der Waals surface area contributed by atoms with Crippen molar-refractivity contribution >= 4 is 17.8 Å². The highest BCUT2D eigenvalue weighted by Gasteiger charge is 2.20. The van der Waals surface area contributed by atoms with Crippen LogP contribution in [0.5, 0.6) is 5.75 Å². The third kappa shape index (κ3) is 3.99. The van der Waals surface area contributed by atoms with Crippen LogP contribution in [0.3, 0.4) is 0 Å². The Kier molecular flexibility index (Phi) is 5.16. The van der Waals surface area contributed by atoms with E-state index in [1.165, 1.54) is 12.1 Å². The minimum atomic E-state index is -0.288. The van der Waals surface area contributed by atoms with Crippen molar-refractivity contribution in [2.24, 2.45) is 4.99 Å². The summed E-state index contributed by atoms with van der Waals surface area (Å²) in [7, 11) is 1.60. The SMILES string of the molecule is COc1ccc(C(C)C)cc1/C=C1\N=C(Cc2ccc(F)cc2)NC1=O. The fraction of sp³-hybridized carbons (Fsp3) is 0.238. The number of rotatable bonds is 5. The van der Waals surface area contributed by atoms with Crippen molar-refractivity contribution < 1.29 is 13.9 Å². The van der Waals surface area contributed by atoms with E-state index in [2.05, 4.69) is 24.2 Å². The Bertz CT molecular complexity index is 883. The van der Waals surface area contributed by atoms with Crippen molar-refractivity contribution in [1.29, 1.82) is 0 Å². The van der Waals surface area contributed by atoms with Gasteiger partial charge in [-0.3, -0.25) is 4.79 Å². The number of amides is 1. The van der Waals surface area contributed by atoms with E-state index in [1.54, 1.807) is 25.3 Å². The largest absolute Gasteiger partial charge is 0.496 e. The van der Waals surface area contributed by atoms with Crippen LogP contribution in [0.25, 0.3) is 6.08 Å². The molecule has 0 aromatic heterocycles. The van der Waals surface area contributed by atoms with E-state index >= 15 is 0 Å². The van der Waals surface area contributed by atoms with Gasteiger partial charge in [-0.15, -0.1) is 0 Å². The molecule has 1 amide bonds. The van der Waals surface area contributed by atoms with Gasteiger partial charge in [0.15, 0.2) is 0 Å². The van der Waals surface area contributed by atoms with Gasteiger partial charge in [-0.05, 0) is 47.4 Å². The molecule has 0 bridgehead atoms. The molecule has 0 saturated heterocycles. The molecule has 0 fully saturated rings. The maximum absolute atomic E-state index is 13.0. The number of hydrogen-bond donors (Lipinski definition) is 1. The lowest BCUT2D eigenvalue weighted by Gasteiger charge is -2.10. The number of methoxy groups -OCH3 is 1. The molecule has 134 valence electrons. The zero-order valence-electron chi connectivity index (χ0n) is 15.0. The molecule has 2 aromatic rings. The van der Waals surface area contributed by atoms with Crippen molar-refractivity contribution in [3.8, 4) is 5.75 Å². The number of benzene rings is 2. The first-order valence-corrected chi connectivity index (χ1v) is 8.49. The molecule has 3 rings (SSSR count). The highest BCUT2D eigenvalue weighted by Crippen LogP contribution is 2.27. The molecule has 2 aromatic carbocycles. The van der Waals surface area contributed by atoms with Gasteiger partial charge in [-0.2, -0.15) is 0 Å². The number of carbonyl (C=O) groups excluding carboxylic acids is 1. The van der Waals surface area contributed by atoms with Gasteiger partial charge < -0.3 is 10.1 Å². The monoisotopic (exact) mass is 352 g/mol. The zero-order chi connectivity index (χ0) is 18.7. The lowest BCUT2D eigenvalue weighted by Crippen LogP contribution is -2.25. The summed E-state index contributed by atoms with van der Waals surface area (Å²) in [4.78, 5) is 16.7. The summed E-state index contributed by atoms with van der Waals surface area (Å²) in [5.74, 6) is 1.07. The van der Waals surface area contributed by atoms with Gasteiger partial charge in [0.2, 0.25) is 0 Å². The van der Waals surface area contributed by atoms with Crippen LogP contribution >= 0.6 is 0 Å². The molecular weight excluding hydrogens is 331 g/mol. The van der Waals surface area contributed by atoms with E-state index in [0.29, 0.717) is 29.6 Å². The second-order valence-corrected chi connectivity index (χ2v) is 6.50. The molecule has 0 saturated carbocycles. The first-order chi connectivity index (χ1) is 12.5. The summed E-state index contributed by atoms with van der Waals surface area (Å²) in [5.41, 5.74) is 3.19. The molecule has 1 aliphatic heterocycles. The lowest BCUT2D eigenvalue weighted by atomic mass is 10.00. The van der Waals surface area contributed by atoms with Crippen LogP contribution in [0.4, 0.5) is 4.39 Å². The van der Waals surface area contributed by atoms with Gasteiger partial charge in [0, 0.05) is 12.0 Å². The molecule has 1 aliphatic rings. The second kappa shape index (κ2) is 7.52. The summed E-state index contributed by atoms with van der Waals surface area (Å²) in [6.45, 7) is 4.22. The van der Waals surface area contributed by atoms with Gasteiger partial charge in [-0.25, -0.2) is 9.38 Å². The molecule has 0 atom stereocenters. The second-order valence-electron chi connectivity index (χ2n) is 6.50. The molecule has 0 aliphatic carbocycles. The molecule has 0 spiro atoms. The van der Waals surface area contributed by atoms with Crippen molar-refractivity contribution in [3.05, 3.63) is 70.7 Å². The summed E-state index contributed by atoms with van der Waals surface area (Å²) in [6, 6.07) is 12.1. The smallest absolute Gasteiger partial charge is 0.275 e. The molecule has 1 N–H and O–H groups in total. The number of amidine groups is 1. The predicted octanol–water partition coefficient (Wildman–Crippen LogP) is 4.07. The molecule has 26 heavy (non-hydrogen) atoms. The Morgan fingerprint density at radius 1 is 1.19 bits per heavy atom. The lowest BCUT2D eigenvalue weighted by molar-refractivity contribution is -0.115. The standard InChI is InChI=1S/C21H21FN2O2/c1-13(2)15-6-9-19(26-3)16(11-15)12-18-21(25)24-20(23-18)10-14-4-7-17(22)8-5-14/h4-9,11-13H,10H2,1-3H3,(H,23,24,25)/b18-12-. The Labute approximate surface area is 152 Å². The Balaban J connectivity index is 1.88. The Hall–Kier alpha value is -2.95. The highest BCUT2D eigenvalue weighted by molar-refractivity contribution is 6.14. The van der Waals surface area contributed by atoms with Gasteiger partial charge >= 0.3 is 0 Å². The number of aliphatic imine (C=N–C) groups is 1. The van der Waals surface area contributed by atoms with Crippen LogP contribution < -0.4 is 10.1 Å². The quantitative estimate of drug-likeness (QED) is 0.825. The fourth-order valence-electron chi connectivity index (χ4n) is 2.77. The molecule has 0 unspecified atom stereocenters. The zero-order valence-corrected chi connectivity index (χ0v) is 15.0. The maximum atomic E-state index is 13.0. The normalized spacial score (nSPS) is 15.3. The number of ether oxygens (including phenoxy) is 1. The summed E-state index contributed by atoms with van der Waals surface area (Å²) in [5, 5.41) is 2.77. The molecule has 0 radical (unpaired) electrons. The van der Waals surface area contributed by atoms with Gasteiger partial charge in [-0.1, -0.05) is 32.0 Å². The maximum Gasteiger partial charge on any atom is 0.275 e. The molecule has 5 heteroatoms. The third-order valence-electron chi connectivity index (χ3n) is 4.24. The number of carbonyl (C=O) groups is 1. The summed E-state index contributed by atoms with van der Waals surface area (Å²) >= 11 is 0. The predicted molar refractivity (Wildman–Crippen MR) is 101 cm³/mol. The van der Waals surface area contributed by atoms with Crippen LogP contribution in [0, 0.1) is 5.82 Å². The number of nitrogens with one attached hydrogen (secondary N) is 1. The van der Waals surface area contributed by atoms with Gasteiger partial charge in [0.25, 0.3) is 5.91 Å². The van der Waals surface area contributed by atoms with Crippen molar-refractivity contribution in [2.75, 3.05) is 7.11 Å². The average molecular weight is 352 g/mol. The van der Waals surface area contributed by atoms with E-state index in [4.69, 9.17) is 4.74 Å². The summed E-state index contributed by atoms with van der Waals surface area (Å²) < 4.78 is 18.4. The number of halogens is 1. The van der Waals surface area contributed by atoms with Crippen LogP contribution in [0.15, 0.2) is 53.2 Å². The average Bonchev–Trinajstić information content (AvgIpc) is 2.96. The Morgan fingerprint density at radius 3 is 2.58 bits per heavy atom. The molecule has 1 heterocycles. The summed E-state index contributed by atoms with van der Waals surface area (Å²) in [6.07, 6.45) is 2.17. The van der Waals surface area contributed by atoms with E-state index < -0.39 is 0 Å². The van der Waals surface area contributed by atoms with Gasteiger partial charge in [0.05, 0.1) is 7.11 Å². The van der Waals surface area contributed by atoms with E-state index in [9.17, 15) is 9.18 Å². The van der Waals surface area contributed by atoms with E-state index in [1.807, 2.05) is 18.2 Å². The minimum Gasteiger partial charge on any atom is -0.496 e. The highest BCUT2D eigenvalue weighted by atomic mass is 19.1. The number of hydrogen-bond acceptors (Lipinski definition) is 3. The van der Waals surface area contributed by atoms with Crippen molar-refractivity contribution in [1.82, 2.24) is 5.32 Å². The van der Waals surface area contributed by atoms with Crippen LogP contribution in [-0.2, 0) is 11.2 Å². The van der Waals surface area contributed by atoms with E-state index in [0.717, 1.165) is 16.7 Å². The number of nitrogens with zero attached hydrogens (tertiary/aromatic N) is 1. The van der Waals surface area contributed by atoms with Crippen molar-refractivity contribution in [2.45, 2.75) is 26.2 Å². The fourth-order valence-corrected chi connectivity index (χ4v) is 2.77. The van der Waals surface area contributed by atoms with Crippen LogP contribution in [-0.4, -0.2) is 18.9 Å². The first-order valence-electron chi connectivity index (χ1n) is 8.49.